The zero-order valence-electron chi connectivity index (χ0n) is 16.6. The summed E-state index contributed by atoms with van der Waals surface area (Å²) >= 11 is 1.65. The molecule has 0 aliphatic rings. The summed E-state index contributed by atoms with van der Waals surface area (Å²) in [5.41, 5.74) is 2.22. The standard InChI is InChI=1S/C22H26FN3OS/c1-4-12-25(22(27)16-6-9-18(28-3)10-7-16)15-21-24-19-11-8-17(23)14-20(19)26(21)13-5-2/h6-11,14H,4-5,12-13,15H2,1-3H3. The van der Waals surface area contributed by atoms with Crippen molar-refractivity contribution < 1.29 is 9.18 Å². The minimum atomic E-state index is -0.272. The number of aryl methyl sites for hydroxylation is 1. The van der Waals surface area contributed by atoms with Crippen LogP contribution in [0.15, 0.2) is 47.4 Å². The number of rotatable bonds is 8. The summed E-state index contributed by atoms with van der Waals surface area (Å²) in [6.07, 6.45) is 3.78. The van der Waals surface area contributed by atoms with Gasteiger partial charge in [0.15, 0.2) is 0 Å². The lowest BCUT2D eigenvalue weighted by Crippen LogP contribution is -2.32. The Hall–Kier alpha value is -2.34. The van der Waals surface area contributed by atoms with E-state index in [9.17, 15) is 9.18 Å². The monoisotopic (exact) mass is 399 g/mol. The summed E-state index contributed by atoms with van der Waals surface area (Å²) in [4.78, 5) is 20.8. The van der Waals surface area contributed by atoms with Crippen LogP contribution in [0.2, 0.25) is 0 Å². The SMILES string of the molecule is CCCN(Cc1nc2ccc(F)cc2n1CCC)C(=O)c1ccc(SC)cc1. The zero-order chi connectivity index (χ0) is 20.1. The van der Waals surface area contributed by atoms with Crippen LogP contribution in [0.4, 0.5) is 4.39 Å². The van der Waals surface area contributed by atoms with E-state index in [1.807, 2.05) is 40.0 Å². The summed E-state index contributed by atoms with van der Waals surface area (Å²) in [7, 11) is 0. The van der Waals surface area contributed by atoms with Gasteiger partial charge in [-0.05, 0) is 61.6 Å². The smallest absolute Gasteiger partial charge is 0.254 e. The van der Waals surface area contributed by atoms with E-state index in [2.05, 4.69) is 13.8 Å². The van der Waals surface area contributed by atoms with Crippen molar-refractivity contribution in [2.45, 2.75) is 44.7 Å². The van der Waals surface area contributed by atoms with Gasteiger partial charge >= 0.3 is 0 Å². The molecule has 0 radical (unpaired) electrons. The van der Waals surface area contributed by atoms with Crippen LogP contribution in [-0.2, 0) is 13.1 Å². The molecule has 1 aromatic heterocycles. The van der Waals surface area contributed by atoms with Crippen LogP contribution >= 0.6 is 11.8 Å². The van der Waals surface area contributed by atoms with E-state index in [0.29, 0.717) is 18.7 Å². The van der Waals surface area contributed by atoms with Crippen molar-refractivity contribution in [2.24, 2.45) is 0 Å². The third-order valence-corrected chi connectivity index (χ3v) is 5.43. The van der Waals surface area contributed by atoms with Gasteiger partial charge in [-0.15, -0.1) is 11.8 Å². The van der Waals surface area contributed by atoms with Gasteiger partial charge < -0.3 is 9.47 Å². The molecule has 3 rings (SSSR count). The molecule has 6 heteroatoms. The number of thioether (sulfide) groups is 1. The van der Waals surface area contributed by atoms with Gasteiger partial charge in [-0.25, -0.2) is 9.37 Å². The summed E-state index contributed by atoms with van der Waals surface area (Å²) in [6.45, 7) is 5.94. The summed E-state index contributed by atoms with van der Waals surface area (Å²) in [5, 5.41) is 0. The number of aromatic nitrogens is 2. The molecule has 0 aliphatic heterocycles. The summed E-state index contributed by atoms with van der Waals surface area (Å²) in [5.74, 6) is 0.521. The number of imidazole rings is 1. The quantitative estimate of drug-likeness (QED) is 0.479. The maximum absolute atomic E-state index is 13.8. The van der Waals surface area contributed by atoms with E-state index < -0.39 is 0 Å². The first-order valence-electron chi connectivity index (χ1n) is 9.65. The molecule has 0 saturated heterocycles. The van der Waals surface area contributed by atoms with Gasteiger partial charge in [0.2, 0.25) is 0 Å². The first-order valence-corrected chi connectivity index (χ1v) is 10.9. The van der Waals surface area contributed by atoms with Gasteiger partial charge in [-0.1, -0.05) is 13.8 Å². The Morgan fingerprint density at radius 3 is 2.54 bits per heavy atom. The lowest BCUT2D eigenvalue weighted by atomic mass is 10.2. The molecule has 0 saturated carbocycles. The van der Waals surface area contributed by atoms with Crippen LogP contribution in [0, 0.1) is 5.82 Å². The first-order chi connectivity index (χ1) is 13.6. The van der Waals surface area contributed by atoms with Crippen molar-refractivity contribution in [3.8, 4) is 0 Å². The van der Waals surface area contributed by atoms with E-state index in [-0.39, 0.29) is 11.7 Å². The van der Waals surface area contributed by atoms with Crippen molar-refractivity contribution in [3.05, 3.63) is 59.7 Å². The molecule has 0 bridgehead atoms. The molecule has 28 heavy (non-hydrogen) atoms. The summed E-state index contributed by atoms with van der Waals surface area (Å²) in [6, 6.07) is 12.3. The van der Waals surface area contributed by atoms with Gasteiger partial charge in [-0.2, -0.15) is 0 Å². The van der Waals surface area contributed by atoms with Crippen LogP contribution in [0.3, 0.4) is 0 Å². The Balaban J connectivity index is 1.93. The fourth-order valence-corrected chi connectivity index (χ4v) is 3.76. The Kier molecular flexibility index (Phi) is 6.73. The lowest BCUT2D eigenvalue weighted by Gasteiger charge is -2.22. The number of amides is 1. The fourth-order valence-electron chi connectivity index (χ4n) is 3.35. The number of benzene rings is 2. The number of carbonyl (C=O) groups is 1. The fraction of sp³-hybridized carbons (Fsp3) is 0.364. The molecule has 0 unspecified atom stereocenters. The van der Waals surface area contributed by atoms with Crippen molar-refractivity contribution in [1.29, 1.82) is 0 Å². The van der Waals surface area contributed by atoms with Crippen molar-refractivity contribution in [3.63, 3.8) is 0 Å². The highest BCUT2D eigenvalue weighted by atomic mass is 32.2. The lowest BCUT2D eigenvalue weighted by molar-refractivity contribution is 0.0737. The molecule has 1 amide bonds. The van der Waals surface area contributed by atoms with Gasteiger partial charge in [0.05, 0.1) is 17.6 Å². The molecular formula is C22H26FN3OS. The Morgan fingerprint density at radius 2 is 1.89 bits per heavy atom. The average Bonchev–Trinajstić information content (AvgIpc) is 3.04. The van der Waals surface area contributed by atoms with E-state index in [1.54, 1.807) is 17.8 Å². The molecule has 0 atom stereocenters. The molecular weight excluding hydrogens is 373 g/mol. The second kappa shape index (κ2) is 9.24. The number of hydrogen-bond acceptors (Lipinski definition) is 3. The second-order valence-corrected chi connectivity index (χ2v) is 7.65. The third kappa shape index (κ3) is 4.38. The molecule has 0 fully saturated rings. The predicted octanol–water partition coefficient (Wildman–Crippen LogP) is 5.36. The van der Waals surface area contributed by atoms with Crippen molar-refractivity contribution in [2.75, 3.05) is 12.8 Å². The van der Waals surface area contributed by atoms with Gasteiger partial charge in [0.1, 0.15) is 11.6 Å². The predicted molar refractivity (Wildman–Crippen MR) is 113 cm³/mol. The average molecular weight is 400 g/mol. The van der Waals surface area contributed by atoms with Crippen LogP contribution in [-0.4, -0.2) is 33.2 Å². The number of fused-ring (bicyclic) bond motifs is 1. The van der Waals surface area contributed by atoms with E-state index >= 15 is 0 Å². The highest BCUT2D eigenvalue weighted by Crippen LogP contribution is 2.21. The van der Waals surface area contributed by atoms with Crippen molar-refractivity contribution >= 4 is 28.7 Å². The number of halogens is 1. The minimum absolute atomic E-state index is 0.00390. The minimum Gasteiger partial charge on any atom is -0.331 e. The molecule has 3 aromatic rings. The van der Waals surface area contributed by atoms with Crippen LogP contribution < -0.4 is 0 Å². The Bertz CT molecular complexity index is 952. The van der Waals surface area contributed by atoms with E-state index in [4.69, 9.17) is 4.98 Å². The topological polar surface area (TPSA) is 38.1 Å². The number of nitrogens with zero attached hydrogens (tertiary/aromatic N) is 3. The normalized spacial score (nSPS) is 11.1. The molecule has 4 nitrogen and oxygen atoms in total. The maximum Gasteiger partial charge on any atom is 0.254 e. The van der Waals surface area contributed by atoms with Crippen LogP contribution in [0.25, 0.3) is 11.0 Å². The van der Waals surface area contributed by atoms with Gasteiger partial charge in [0.25, 0.3) is 5.91 Å². The largest absolute Gasteiger partial charge is 0.331 e. The van der Waals surface area contributed by atoms with Crippen LogP contribution in [0.1, 0.15) is 42.9 Å². The zero-order valence-corrected chi connectivity index (χ0v) is 17.4. The molecule has 0 aliphatic carbocycles. The second-order valence-electron chi connectivity index (χ2n) is 6.77. The van der Waals surface area contributed by atoms with Crippen molar-refractivity contribution in [1.82, 2.24) is 14.5 Å². The molecule has 0 spiro atoms. The Morgan fingerprint density at radius 1 is 1.14 bits per heavy atom. The van der Waals surface area contributed by atoms with E-state index in [1.165, 1.54) is 12.1 Å². The third-order valence-electron chi connectivity index (χ3n) is 4.69. The molecule has 2 aromatic carbocycles. The summed E-state index contributed by atoms with van der Waals surface area (Å²) < 4.78 is 15.8. The highest BCUT2D eigenvalue weighted by Gasteiger charge is 2.19. The van der Waals surface area contributed by atoms with Crippen LogP contribution in [0.5, 0.6) is 0 Å². The van der Waals surface area contributed by atoms with E-state index in [0.717, 1.165) is 41.1 Å². The Labute approximate surface area is 169 Å². The maximum atomic E-state index is 13.8. The highest BCUT2D eigenvalue weighted by molar-refractivity contribution is 7.98. The first kappa shape index (κ1) is 20.4. The van der Waals surface area contributed by atoms with Gasteiger partial charge in [-0.3, -0.25) is 4.79 Å². The number of carbonyl (C=O) groups excluding carboxylic acids is 1. The number of hydrogen-bond donors (Lipinski definition) is 0. The molecule has 0 N–H and O–H groups in total. The molecule has 1 heterocycles. The molecule has 148 valence electrons. The van der Waals surface area contributed by atoms with Gasteiger partial charge in [0, 0.05) is 23.5 Å².